The van der Waals surface area contributed by atoms with Crippen LogP contribution in [0.2, 0.25) is 5.15 Å². The van der Waals surface area contributed by atoms with Crippen LogP contribution in [0.1, 0.15) is 39.8 Å². The number of fused-ring (bicyclic) bond motifs is 1. The minimum absolute atomic E-state index is 0.206. The summed E-state index contributed by atoms with van der Waals surface area (Å²) in [5.41, 5.74) is 0.181. The molecule has 9 nitrogen and oxygen atoms in total. The predicted molar refractivity (Wildman–Crippen MR) is 92.7 cm³/mol. The first-order chi connectivity index (χ1) is 12.9. The van der Waals surface area contributed by atoms with Crippen LogP contribution in [0.3, 0.4) is 0 Å². The third-order valence-corrected chi connectivity index (χ3v) is 5.45. The van der Waals surface area contributed by atoms with Crippen LogP contribution >= 0.6 is 11.6 Å². The minimum atomic E-state index is -0.825. The Kier molecular flexibility index (Phi) is 4.31. The van der Waals surface area contributed by atoms with E-state index in [1.165, 1.54) is 26.5 Å². The second-order valence-electron chi connectivity index (χ2n) is 6.87. The molecule has 0 bridgehead atoms. The summed E-state index contributed by atoms with van der Waals surface area (Å²) in [6, 6.07) is 0. The molecule has 144 valence electrons. The van der Waals surface area contributed by atoms with Crippen molar-refractivity contribution in [3.8, 4) is 0 Å². The van der Waals surface area contributed by atoms with E-state index >= 15 is 0 Å². The van der Waals surface area contributed by atoms with Crippen molar-refractivity contribution in [1.29, 1.82) is 0 Å². The summed E-state index contributed by atoms with van der Waals surface area (Å²) in [5.74, 6) is -0.741. The van der Waals surface area contributed by atoms with Gasteiger partial charge in [-0.25, -0.2) is 15.0 Å². The lowest BCUT2D eigenvalue weighted by Gasteiger charge is -2.24. The Balaban J connectivity index is 1.79. The Morgan fingerprint density at radius 2 is 2.04 bits per heavy atom. The molecule has 2 aromatic rings. The summed E-state index contributed by atoms with van der Waals surface area (Å²) in [4.78, 5) is 35.9. The Hall–Kier alpha value is -2.26. The third kappa shape index (κ3) is 2.85. The molecule has 27 heavy (non-hydrogen) atoms. The van der Waals surface area contributed by atoms with E-state index in [1.807, 2.05) is 6.92 Å². The van der Waals surface area contributed by atoms with E-state index in [0.717, 1.165) is 12.8 Å². The number of carbonyl (C=O) groups is 2. The van der Waals surface area contributed by atoms with Crippen LogP contribution in [-0.4, -0.2) is 49.3 Å². The average Bonchev–Trinajstić information content (AvgIpc) is 3.02. The molecule has 2 fully saturated rings. The van der Waals surface area contributed by atoms with Crippen molar-refractivity contribution in [2.24, 2.45) is 5.92 Å². The first-order valence-electron chi connectivity index (χ1n) is 8.72. The summed E-state index contributed by atoms with van der Waals surface area (Å²) < 4.78 is 19.1. The Bertz CT molecular complexity index is 918. The van der Waals surface area contributed by atoms with E-state index in [4.69, 9.17) is 25.8 Å². The van der Waals surface area contributed by atoms with Gasteiger partial charge in [0.15, 0.2) is 29.2 Å². The molecule has 1 spiro atoms. The molecule has 3 heterocycles. The van der Waals surface area contributed by atoms with Crippen molar-refractivity contribution in [1.82, 2.24) is 19.5 Å². The highest BCUT2D eigenvalue weighted by molar-refractivity contribution is 6.33. The van der Waals surface area contributed by atoms with E-state index in [0.29, 0.717) is 11.2 Å². The van der Waals surface area contributed by atoms with E-state index in [1.54, 1.807) is 4.57 Å². The highest BCUT2D eigenvalue weighted by atomic mass is 35.5. The quantitative estimate of drug-likeness (QED) is 0.573. The van der Waals surface area contributed by atoms with Crippen LogP contribution in [-0.2, 0) is 23.8 Å². The molecule has 2 aliphatic rings. The van der Waals surface area contributed by atoms with Crippen LogP contribution < -0.4 is 0 Å². The van der Waals surface area contributed by atoms with Crippen molar-refractivity contribution in [3.63, 3.8) is 0 Å². The molecule has 1 saturated heterocycles. The van der Waals surface area contributed by atoms with Gasteiger partial charge in [-0.15, -0.1) is 0 Å². The fourth-order valence-electron chi connectivity index (χ4n) is 3.98. The molecule has 10 heteroatoms. The molecule has 5 atom stereocenters. The number of rotatable bonds is 4. The fourth-order valence-corrected chi connectivity index (χ4v) is 4.15. The van der Waals surface area contributed by atoms with Gasteiger partial charge >= 0.3 is 11.9 Å². The van der Waals surface area contributed by atoms with Crippen LogP contribution in [0, 0.1) is 5.92 Å². The van der Waals surface area contributed by atoms with Gasteiger partial charge in [-0.05, 0) is 12.3 Å². The lowest BCUT2D eigenvalue weighted by atomic mass is 10.1. The topological polar surface area (TPSA) is 105 Å². The first-order valence-corrected chi connectivity index (χ1v) is 9.10. The molecule has 1 aliphatic carbocycles. The van der Waals surface area contributed by atoms with Gasteiger partial charge in [-0.2, -0.15) is 0 Å². The van der Waals surface area contributed by atoms with Gasteiger partial charge in [0.05, 0.1) is 6.33 Å². The average molecular weight is 395 g/mol. The highest BCUT2D eigenvalue weighted by Crippen LogP contribution is 2.60. The zero-order chi connectivity index (χ0) is 19.3. The number of hydrogen-bond acceptors (Lipinski definition) is 8. The summed E-state index contributed by atoms with van der Waals surface area (Å²) >= 11 is 6.09. The Labute approximate surface area is 160 Å². The van der Waals surface area contributed by atoms with Crippen molar-refractivity contribution in [3.05, 3.63) is 17.8 Å². The molecule has 0 N–H and O–H groups in total. The van der Waals surface area contributed by atoms with Gasteiger partial charge in [0.1, 0.15) is 17.4 Å². The molecule has 0 radical (unpaired) electrons. The van der Waals surface area contributed by atoms with Crippen LogP contribution in [0.5, 0.6) is 0 Å². The fraction of sp³-hybridized carbons (Fsp3) is 0.588. The van der Waals surface area contributed by atoms with Crippen molar-refractivity contribution in [2.45, 2.75) is 57.6 Å². The maximum absolute atomic E-state index is 11.8. The van der Waals surface area contributed by atoms with E-state index in [2.05, 4.69) is 15.0 Å². The number of ether oxygens (including phenoxy) is 3. The molecule has 1 saturated carbocycles. The summed E-state index contributed by atoms with van der Waals surface area (Å²) in [7, 11) is 0. The number of aromatic nitrogens is 4. The van der Waals surface area contributed by atoms with Gasteiger partial charge in [-0.1, -0.05) is 24.9 Å². The van der Waals surface area contributed by atoms with Gasteiger partial charge in [0, 0.05) is 13.8 Å². The molecule has 0 amide bonds. The van der Waals surface area contributed by atoms with Crippen molar-refractivity contribution >= 4 is 34.7 Å². The lowest BCUT2D eigenvalue weighted by molar-refractivity contribution is -0.166. The van der Waals surface area contributed by atoms with Crippen molar-refractivity contribution < 1.29 is 23.8 Å². The maximum Gasteiger partial charge on any atom is 0.303 e. The molecular weight excluding hydrogens is 376 g/mol. The number of halogens is 1. The Morgan fingerprint density at radius 3 is 2.67 bits per heavy atom. The Morgan fingerprint density at radius 1 is 1.30 bits per heavy atom. The van der Waals surface area contributed by atoms with Gasteiger partial charge in [0.25, 0.3) is 0 Å². The number of esters is 2. The van der Waals surface area contributed by atoms with Crippen LogP contribution in [0.25, 0.3) is 11.2 Å². The van der Waals surface area contributed by atoms with Gasteiger partial charge in [0.2, 0.25) is 0 Å². The first kappa shape index (κ1) is 18.1. The number of hydrogen-bond donors (Lipinski definition) is 0. The smallest absolute Gasteiger partial charge is 0.303 e. The van der Waals surface area contributed by atoms with Crippen LogP contribution in [0.15, 0.2) is 12.7 Å². The van der Waals surface area contributed by atoms with E-state index in [-0.39, 0.29) is 11.1 Å². The summed E-state index contributed by atoms with van der Waals surface area (Å²) in [6.45, 7) is 4.68. The largest absolute Gasteiger partial charge is 0.455 e. The standard InChI is InChI=1S/C17H19ClN4O5/c1-4-10-5-17(10)13(26-9(3)24)12(25-8(2)23)16(27-17)22-7-21-11-14(18)19-6-20-15(11)22/h6-7,10,12-13,16H,4-5H2,1-3H3/t10-,12-,13?,16+,17-/m0/s1. The molecule has 2 aromatic heterocycles. The van der Waals surface area contributed by atoms with E-state index in [9.17, 15) is 9.59 Å². The van der Waals surface area contributed by atoms with Gasteiger partial charge < -0.3 is 14.2 Å². The number of imidazole rings is 1. The lowest BCUT2D eigenvalue weighted by Crippen LogP contribution is -2.40. The number of carbonyl (C=O) groups excluding carboxylic acids is 2. The van der Waals surface area contributed by atoms with Gasteiger partial charge in [-0.3, -0.25) is 14.2 Å². The molecule has 1 aliphatic heterocycles. The monoisotopic (exact) mass is 394 g/mol. The molecule has 4 rings (SSSR count). The predicted octanol–water partition coefficient (Wildman–Crippen LogP) is 2.04. The van der Waals surface area contributed by atoms with E-state index < -0.39 is 36.0 Å². The third-order valence-electron chi connectivity index (χ3n) is 5.17. The van der Waals surface area contributed by atoms with Crippen molar-refractivity contribution in [2.75, 3.05) is 0 Å². The molecule has 1 unspecified atom stereocenters. The van der Waals surface area contributed by atoms with Crippen LogP contribution in [0.4, 0.5) is 0 Å². The summed E-state index contributed by atoms with van der Waals surface area (Å²) in [5, 5.41) is 0.213. The molecule has 0 aromatic carbocycles. The highest BCUT2D eigenvalue weighted by Gasteiger charge is 2.71. The molecular formula is C17H19ClN4O5. The zero-order valence-corrected chi connectivity index (χ0v) is 15.8. The minimum Gasteiger partial charge on any atom is -0.455 e. The SMILES string of the molecule is CC[C@H]1C[C@]12O[C@@H](n1cnc3c(Cl)ncnc31)[C@@H](OC(C)=O)C2OC(C)=O. The normalized spacial score (nSPS) is 32.0. The zero-order valence-electron chi connectivity index (χ0n) is 15.1. The summed E-state index contributed by atoms with van der Waals surface area (Å²) in [6.07, 6.45) is 2.14. The second kappa shape index (κ2) is 6.42. The maximum atomic E-state index is 11.8. The number of nitrogens with zero attached hydrogens (tertiary/aromatic N) is 4. The second-order valence-corrected chi connectivity index (χ2v) is 7.22.